The van der Waals surface area contributed by atoms with Crippen LogP contribution >= 0.6 is 0 Å². The summed E-state index contributed by atoms with van der Waals surface area (Å²) < 4.78 is 33.1. The van der Waals surface area contributed by atoms with Crippen molar-refractivity contribution in [3.05, 3.63) is 42.0 Å². The lowest BCUT2D eigenvalue weighted by Gasteiger charge is -2.33. The van der Waals surface area contributed by atoms with Crippen molar-refractivity contribution in [3.63, 3.8) is 0 Å². The maximum absolute atomic E-state index is 11.3. The number of oxime groups is 1. The normalized spacial score (nSPS) is 18.8. The number of benzene rings is 2. The first-order valence-electron chi connectivity index (χ1n) is 6.90. The van der Waals surface area contributed by atoms with Crippen LogP contribution in [0.2, 0.25) is 0 Å². The third kappa shape index (κ3) is 2.66. The topological polar surface area (TPSA) is 65.0 Å². The molecule has 0 bridgehead atoms. The molecule has 0 aliphatic carbocycles. The first-order chi connectivity index (χ1) is 10.3. The Kier molecular flexibility index (Phi) is 3.36. The van der Waals surface area contributed by atoms with Gasteiger partial charge in [0.1, 0.15) is 11.5 Å². The molecular formula is C16H17NO4S. The van der Waals surface area contributed by atoms with Gasteiger partial charge in [0, 0.05) is 11.0 Å². The Hall–Kier alpha value is -2.08. The molecular weight excluding hydrogens is 302 g/mol. The molecule has 0 radical (unpaired) electrons. The number of hydrogen-bond acceptors (Lipinski definition) is 5. The molecule has 1 aliphatic rings. The van der Waals surface area contributed by atoms with Crippen LogP contribution in [0.3, 0.4) is 0 Å². The summed E-state index contributed by atoms with van der Waals surface area (Å²) in [5.74, 6) is 0.689. The molecule has 6 heteroatoms. The van der Waals surface area contributed by atoms with Crippen molar-refractivity contribution in [2.45, 2.75) is 13.8 Å². The highest BCUT2D eigenvalue weighted by atomic mass is 32.2. The predicted octanol–water partition coefficient (Wildman–Crippen LogP) is 2.94. The van der Waals surface area contributed by atoms with E-state index in [4.69, 9.17) is 9.02 Å². The number of fused-ring (bicyclic) bond motifs is 3. The minimum absolute atomic E-state index is 0.407. The molecule has 0 saturated carbocycles. The number of hydrogen-bond donors (Lipinski definition) is 0. The van der Waals surface area contributed by atoms with Crippen LogP contribution in [0.1, 0.15) is 19.4 Å². The summed E-state index contributed by atoms with van der Waals surface area (Å²) in [5, 5.41) is 5.95. The third-order valence-electron chi connectivity index (χ3n) is 3.62. The number of ether oxygens (including phenoxy) is 1. The molecule has 3 rings (SSSR count). The van der Waals surface area contributed by atoms with Gasteiger partial charge < -0.3 is 4.74 Å². The molecule has 0 unspecified atom stereocenters. The minimum atomic E-state index is -3.66. The second-order valence-corrected chi connectivity index (χ2v) is 7.61. The maximum Gasteiger partial charge on any atom is 0.325 e. The Morgan fingerprint density at radius 1 is 1.18 bits per heavy atom. The molecule has 0 spiro atoms. The van der Waals surface area contributed by atoms with Crippen molar-refractivity contribution in [1.82, 2.24) is 0 Å². The van der Waals surface area contributed by atoms with E-state index in [1.54, 1.807) is 0 Å². The first-order valence-corrected chi connectivity index (χ1v) is 8.72. The fourth-order valence-electron chi connectivity index (χ4n) is 2.56. The van der Waals surface area contributed by atoms with Gasteiger partial charge >= 0.3 is 10.1 Å². The van der Waals surface area contributed by atoms with E-state index in [-0.39, 0.29) is 0 Å². The number of rotatable bonds is 2. The fourth-order valence-corrected chi connectivity index (χ4v) is 2.77. The van der Waals surface area contributed by atoms with E-state index < -0.39 is 15.5 Å². The summed E-state index contributed by atoms with van der Waals surface area (Å²) in [7, 11) is -3.66. The summed E-state index contributed by atoms with van der Waals surface area (Å²) in [6, 6.07) is 11.7. The molecule has 0 saturated heterocycles. The quantitative estimate of drug-likeness (QED) is 0.798. The lowest BCUT2D eigenvalue weighted by Crippen LogP contribution is -2.36. The first kappa shape index (κ1) is 14.8. The lowest BCUT2D eigenvalue weighted by atomic mass is 9.80. The van der Waals surface area contributed by atoms with E-state index in [1.807, 2.05) is 50.2 Å². The lowest BCUT2D eigenvalue weighted by molar-refractivity contribution is 0.218. The van der Waals surface area contributed by atoms with Crippen LogP contribution in [0, 0.1) is 5.41 Å². The zero-order valence-corrected chi connectivity index (χ0v) is 13.5. The van der Waals surface area contributed by atoms with E-state index in [1.165, 1.54) is 0 Å². The Morgan fingerprint density at radius 2 is 1.91 bits per heavy atom. The second kappa shape index (κ2) is 4.98. The van der Waals surface area contributed by atoms with Gasteiger partial charge in [0.05, 0.1) is 12.9 Å². The highest BCUT2D eigenvalue weighted by molar-refractivity contribution is 7.85. The van der Waals surface area contributed by atoms with Gasteiger partial charge in [0.15, 0.2) is 0 Å². The molecule has 5 nitrogen and oxygen atoms in total. The summed E-state index contributed by atoms with van der Waals surface area (Å²) in [6.07, 6.45) is 0.980. The Balaban J connectivity index is 2.27. The monoisotopic (exact) mass is 319 g/mol. The molecule has 2 aromatic carbocycles. The van der Waals surface area contributed by atoms with Crippen LogP contribution in [0.4, 0.5) is 0 Å². The van der Waals surface area contributed by atoms with Gasteiger partial charge in [-0.2, -0.15) is 8.42 Å². The Labute approximate surface area is 129 Å². The molecule has 0 fully saturated rings. The summed E-state index contributed by atoms with van der Waals surface area (Å²) in [6.45, 7) is 4.30. The van der Waals surface area contributed by atoms with Crippen molar-refractivity contribution in [2.24, 2.45) is 10.6 Å². The Morgan fingerprint density at radius 3 is 2.64 bits per heavy atom. The predicted molar refractivity (Wildman–Crippen MR) is 85.7 cm³/mol. The van der Waals surface area contributed by atoms with Crippen molar-refractivity contribution < 1.29 is 17.4 Å². The average Bonchev–Trinajstić information content (AvgIpc) is 2.44. The van der Waals surface area contributed by atoms with Gasteiger partial charge in [0.2, 0.25) is 0 Å². The molecule has 0 atom stereocenters. The van der Waals surface area contributed by atoms with Crippen molar-refractivity contribution in [3.8, 4) is 5.75 Å². The molecule has 22 heavy (non-hydrogen) atoms. The van der Waals surface area contributed by atoms with Crippen LogP contribution < -0.4 is 4.74 Å². The van der Waals surface area contributed by atoms with Gasteiger partial charge in [-0.05, 0) is 16.8 Å². The molecule has 1 heterocycles. The van der Waals surface area contributed by atoms with Gasteiger partial charge in [-0.25, -0.2) is 0 Å². The fraction of sp³-hybridized carbons (Fsp3) is 0.312. The van der Waals surface area contributed by atoms with Crippen LogP contribution in [0.15, 0.2) is 41.6 Å². The molecule has 1 aliphatic heterocycles. The minimum Gasteiger partial charge on any atom is -0.492 e. The summed E-state index contributed by atoms with van der Waals surface area (Å²) >= 11 is 0. The maximum atomic E-state index is 11.3. The van der Waals surface area contributed by atoms with Crippen LogP contribution in [0.25, 0.3) is 10.8 Å². The summed E-state index contributed by atoms with van der Waals surface area (Å²) in [4.78, 5) is 0. The summed E-state index contributed by atoms with van der Waals surface area (Å²) in [5.41, 5.74) is 0.913. The average molecular weight is 319 g/mol. The zero-order valence-electron chi connectivity index (χ0n) is 12.7. The Bertz CT molecular complexity index is 869. The molecule has 2 aromatic rings. The molecule has 116 valence electrons. The van der Waals surface area contributed by atoms with Gasteiger partial charge in [0.25, 0.3) is 0 Å². The molecule has 0 N–H and O–H groups in total. The zero-order chi connectivity index (χ0) is 16.0. The van der Waals surface area contributed by atoms with Gasteiger partial charge in [-0.3, -0.25) is 4.28 Å². The SMILES string of the molecule is CC1(C)COc2ccc3ccccc3c2C1=NOS(C)(=O)=O. The highest BCUT2D eigenvalue weighted by Gasteiger charge is 2.36. The van der Waals surface area contributed by atoms with E-state index in [0.717, 1.165) is 22.6 Å². The standard InChI is InChI=1S/C16H17NO4S/c1-16(2)10-20-13-9-8-11-6-4-5-7-12(11)14(13)15(16)17-21-22(3,18)19/h4-9H,10H2,1-3H3. The van der Waals surface area contributed by atoms with Crippen molar-refractivity contribution in [1.29, 1.82) is 0 Å². The van der Waals surface area contributed by atoms with Gasteiger partial charge in [-0.15, -0.1) is 0 Å². The van der Waals surface area contributed by atoms with E-state index in [9.17, 15) is 8.42 Å². The second-order valence-electron chi connectivity index (χ2n) is 6.05. The smallest absolute Gasteiger partial charge is 0.325 e. The molecule has 0 amide bonds. The van der Waals surface area contributed by atoms with Crippen molar-refractivity contribution >= 4 is 26.6 Å². The highest BCUT2D eigenvalue weighted by Crippen LogP contribution is 2.39. The van der Waals surface area contributed by atoms with E-state index >= 15 is 0 Å². The third-order valence-corrected chi connectivity index (χ3v) is 3.97. The van der Waals surface area contributed by atoms with Crippen LogP contribution in [-0.4, -0.2) is 27.0 Å². The molecule has 0 aromatic heterocycles. The van der Waals surface area contributed by atoms with Crippen molar-refractivity contribution in [2.75, 3.05) is 12.9 Å². The number of nitrogens with zero attached hydrogens (tertiary/aromatic N) is 1. The van der Waals surface area contributed by atoms with Crippen LogP contribution in [-0.2, 0) is 14.4 Å². The van der Waals surface area contributed by atoms with E-state index in [0.29, 0.717) is 18.1 Å². The largest absolute Gasteiger partial charge is 0.492 e. The van der Waals surface area contributed by atoms with Gasteiger partial charge in [-0.1, -0.05) is 49.3 Å². The van der Waals surface area contributed by atoms with Crippen LogP contribution in [0.5, 0.6) is 5.75 Å². The van der Waals surface area contributed by atoms with E-state index in [2.05, 4.69) is 5.16 Å².